The Hall–Kier alpha value is -2.14. The van der Waals surface area contributed by atoms with Crippen LogP contribution in [0.2, 0.25) is 0 Å². The van der Waals surface area contributed by atoms with E-state index in [2.05, 4.69) is 42.4 Å². The number of aliphatic carboxylic acids is 1. The zero-order chi connectivity index (χ0) is 14.3. The molecule has 0 atom stereocenters. The van der Waals surface area contributed by atoms with Gasteiger partial charge in [-0.1, -0.05) is 12.1 Å². The molecule has 3 aromatic rings. The molecule has 0 saturated carbocycles. The number of carboxylic acids is 1. The maximum atomic E-state index is 10.8. The normalized spacial score (nSPS) is 11.1. The van der Waals surface area contributed by atoms with Crippen LogP contribution in [0.25, 0.3) is 16.2 Å². The molecule has 2 aromatic heterocycles. The van der Waals surface area contributed by atoms with Crippen LogP contribution in [0.1, 0.15) is 16.8 Å². The van der Waals surface area contributed by atoms with E-state index in [1.54, 1.807) is 0 Å². The minimum atomic E-state index is -0.858. The van der Waals surface area contributed by atoms with E-state index >= 15 is 0 Å². The molecule has 3 rings (SSSR count). The number of rotatable bonds is 3. The van der Waals surface area contributed by atoms with Gasteiger partial charge >= 0.3 is 5.97 Å². The zero-order valence-corrected chi connectivity index (χ0v) is 12.1. The minimum absolute atomic E-state index is 0.0409. The highest BCUT2D eigenvalue weighted by Crippen LogP contribution is 2.27. The van der Waals surface area contributed by atoms with Gasteiger partial charge in [-0.3, -0.25) is 9.20 Å². The van der Waals surface area contributed by atoms with Gasteiger partial charge in [-0.15, -0.1) is 11.3 Å². The number of imidazole rings is 1. The van der Waals surface area contributed by atoms with E-state index in [0.29, 0.717) is 5.69 Å². The fraction of sp³-hybridized carbons (Fsp3) is 0.200. The summed E-state index contributed by atoms with van der Waals surface area (Å²) >= 11 is 1.53. The molecule has 0 spiro atoms. The predicted molar refractivity (Wildman–Crippen MR) is 79.3 cm³/mol. The molecule has 1 N–H and O–H groups in total. The van der Waals surface area contributed by atoms with Gasteiger partial charge < -0.3 is 5.11 Å². The summed E-state index contributed by atoms with van der Waals surface area (Å²) in [5.74, 6) is -0.858. The quantitative estimate of drug-likeness (QED) is 0.803. The average molecular weight is 286 g/mol. The number of nitrogens with zero attached hydrogens (tertiary/aromatic N) is 2. The third-order valence-corrected chi connectivity index (χ3v) is 4.23. The van der Waals surface area contributed by atoms with E-state index in [1.165, 1.54) is 22.5 Å². The van der Waals surface area contributed by atoms with Crippen molar-refractivity contribution in [2.45, 2.75) is 20.3 Å². The summed E-state index contributed by atoms with van der Waals surface area (Å²) in [4.78, 5) is 15.9. The Labute approximate surface area is 120 Å². The fourth-order valence-electron chi connectivity index (χ4n) is 2.18. The monoisotopic (exact) mass is 286 g/mol. The predicted octanol–water partition coefficient (Wildman–Crippen LogP) is 3.31. The van der Waals surface area contributed by atoms with Crippen molar-refractivity contribution in [3.8, 4) is 11.3 Å². The second-order valence-electron chi connectivity index (χ2n) is 4.88. The maximum absolute atomic E-state index is 10.8. The molecule has 0 unspecified atom stereocenters. The van der Waals surface area contributed by atoms with Crippen LogP contribution in [0.3, 0.4) is 0 Å². The third-order valence-electron chi connectivity index (χ3n) is 3.39. The summed E-state index contributed by atoms with van der Waals surface area (Å²) in [5.41, 5.74) is 5.27. The van der Waals surface area contributed by atoms with Crippen LogP contribution < -0.4 is 0 Å². The second-order valence-corrected chi connectivity index (χ2v) is 5.71. The highest BCUT2D eigenvalue weighted by atomic mass is 32.1. The molecule has 20 heavy (non-hydrogen) atoms. The Morgan fingerprint density at radius 1 is 1.35 bits per heavy atom. The first-order valence-electron chi connectivity index (χ1n) is 6.29. The fourth-order valence-corrected chi connectivity index (χ4v) is 3.08. The van der Waals surface area contributed by atoms with Crippen molar-refractivity contribution in [2.75, 3.05) is 0 Å². The van der Waals surface area contributed by atoms with Crippen molar-refractivity contribution in [1.82, 2.24) is 9.38 Å². The Bertz CT molecular complexity index is 801. The van der Waals surface area contributed by atoms with Gasteiger partial charge in [-0.25, -0.2) is 4.98 Å². The van der Waals surface area contributed by atoms with Crippen molar-refractivity contribution in [2.24, 2.45) is 0 Å². The van der Waals surface area contributed by atoms with E-state index in [0.717, 1.165) is 16.2 Å². The summed E-state index contributed by atoms with van der Waals surface area (Å²) < 4.78 is 1.97. The van der Waals surface area contributed by atoms with Crippen LogP contribution in [0, 0.1) is 13.8 Å². The molecule has 0 aliphatic heterocycles. The van der Waals surface area contributed by atoms with Crippen LogP contribution >= 0.6 is 11.3 Å². The molecule has 0 fully saturated rings. The summed E-state index contributed by atoms with van der Waals surface area (Å²) in [6, 6.07) is 6.33. The van der Waals surface area contributed by atoms with Crippen molar-refractivity contribution in [3.63, 3.8) is 0 Å². The largest absolute Gasteiger partial charge is 0.481 e. The number of carboxylic acid groups (broad SMARTS) is 1. The molecule has 0 amide bonds. The van der Waals surface area contributed by atoms with Crippen molar-refractivity contribution in [1.29, 1.82) is 0 Å². The summed E-state index contributed by atoms with van der Waals surface area (Å²) in [5, 5.41) is 10.9. The summed E-state index contributed by atoms with van der Waals surface area (Å²) in [6.45, 7) is 4.18. The van der Waals surface area contributed by atoms with Gasteiger partial charge in [0.15, 0.2) is 4.96 Å². The number of hydrogen-bond donors (Lipinski definition) is 1. The van der Waals surface area contributed by atoms with Gasteiger partial charge in [0.1, 0.15) is 0 Å². The number of hydrogen-bond acceptors (Lipinski definition) is 3. The van der Waals surface area contributed by atoms with Crippen molar-refractivity contribution >= 4 is 22.3 Å². The van der Waals surface area contributed by atoms with Gasteiger partial charge in [0, 0.05) is 11.6 Å². The molecule has 0 aliphatic carbocycles. The number of benzene rings is 1. The number of fused-ring (bicyclic) bond motifs is 1. The van der Waals surface area contributed by atoms with Gasteiger partial charge in [0.2, 0.25) is 0 Å². The summed E-state index contributed by atoms with van der Waals surface area (Å²) in [7, 11) is 0. The first kappa shape index (κ1) is 12.9. The zero-order valence-electron chi connectivity index (χ0n) is 11.3. The lowest BCUT2D eigenvalue weighted by Gasteiger charge is -2.04. The van der Waals surface area contributed by atoms with Gasteiger partial charge in [-0.2, -0.15) is 0 Å². The minimum Gasteiger partial charge on any atom is -0.481 e. The molecule has 102 valence electrons. The number of aromatic nitrogens is 2. The Balaban J connectivity index is 2.08. The molecule has 2 heterocycles. The van der Waals surface area contributed by atoms with E-state index in [-0.39, 0.29) is 6.42 Å². The van der Waals surface area contributed by atoms with Crippen LogP contribution in [0.5, 0.6) is 0 Å². The standard InChI is InChI=1S/C15H14N2O2S/c1-9-3-4-11(5-10(9)2)13-8-20-15-16-12(6-14(18)19)7-17(13)15/h3-5,7-8H,6H2,1-2H3,(H,18,19). The maximum Gasteiger partial charge on any atom is 0.309 e. The third kappa shape index (κ3) is 2.20. The SMILES string of the molecule is Cc1ccc(-c2csc3nc(CC(=O)O)cn23)cc1C. The highest BCUT2D eigenvalue weighted by Gasteiger charge is 2.12. The molecule has 0 saturated heterocycles. The van der Waals surface area contributed by atoms with Crippen LogP contribution in [0.4, 0.5) is 0 Å². The van der Waals surface area contributed by atoms with Gasteiger partial charge in [-0.05, 0) is 36.6 Å². The van der Waals surface area contributed by atoms with E-state index in [9.17, 15) is 4.79 Å². The molecular weight excluding hydrogens is 272 g/mol. The first-order chi connectivity index (χ1) is 9.54. The van der Waals surface area contributed by atoms with Crippen LogP contribution in [-0.2, 0) is 11.2 Å². The van der Waals surface area contributed by atoms with E-state index < -0.39 is 5.97 Å². The Kier molecular flexibility index (Phi) is 3.06. The average Bonchev–Trinajstić information content (AvgIpc) is 2.91. The molecule has 0 radical (unpaired) electrons. The van der Waals surface area contributed by atoms with Crippen molar-refractivity contribution in [3.05, 3.63) is 46.6 Å². The molecular formula is C15H14N2O2S. The Morgan fingerprint density at radius 3 is 2.85 bits per heavy atom. The lowest BCUT2D eigenvalue weighted by atomic mass is 10.0. The Morgan fingerprint density at radius 2 is 2.15 bits per heavy atom. The lowest BCUT2D eigenvalue weighted by Crippen LogP contribution is -1.99. The number of thiazole rings is 1. The number of aryl methyl sites for hydroxylation is 2. The number of carbonyl (C=O) groups is 1. The second kappa shape index (κ2) is 4.76. The first-order valence-corrected chi connectivity index (χ1v) is 7.17. The van der Waals surface area contributed by atoms with E-state index in [1.807, 2.05) is 10.6 Å². The lowest BCUT2D eigenvalue weighted by molar-refractivity contribution is -0.136. The molecule has 5 heteroatoms. The van der Waals surface area contributed by atoms with Crippen LogP contribution in [0.15, 0.2) is 29.8 Å². The topological polar surface area (TPSA) is 54.6 Å². The molecule has 0 bridgehead atoms. The van der Waals surface area contributed by atoms with Gasteiger partial charge in [0.25, 0.3) is 0 Å². The van der Waals surface area contributed by atoms with Crippen molar-refractivity contribution < 1.29 is 9.90 Å². The smallest absolute Gasteiger partial charge is 0.309 e. The highest BCUT2D eigenvalue weighted by molar-refractivity contribution is 7.15. The van der Waals surface area contributed by atoms with E-state index in [4.69, 9.17) is 5.11 Å². The van der Waals surface area contributed by atoms with Gasteiger partial charge in [0.05, 0.1) is 17.8 Å². The molecule has 0 aliphatic rings. The molecule has 1 aromatic carbocycles. The molecule has 4 nitrogen and oxygen atoms in total. The van der Waals surface area contributed by atoms with Crippen LogP contribution in [-0.4, -0.2) is 20.5 Å². The summed E-state index contributed by atoms with van der Waals surface area (Å²) in [6.07, 6.45) is 1.77.